The molecule has 0 aliphatic heterocycles. The first-order valence-electron chi connectivity index (χ1n) is 3.21. The number of benzene rings is 1. The van der Waals surface area contributed by atoms with Crippen LogP contribution < -0.4 is 4.74 Å². The van der Waals surface area contributed by atoms with Crippen molar-refractivity contribution in [3.05, 3.63) is 36.2 Å². The van der Waals surface area contributed by atoms with Crippen LogP contribution in [0.15, 0.2) is 18.2 Å². The standard InChI is InChI=1S/C9H11O/c1-7-5-4-6-8(2)9(7)10-3/h4-6H,1H2,2-3H3. The molecule has 0 saturated heterocycles. The van der Waals surface area contributed by atoms with E-state index in [4.69, 9.17) is 4.74 Å². The van der Waals surface area contributed by atoms with Gasteiger partial charge in [0.05, 0.1) is 7.11 Å². The molecule has 1 radical (unpaired) electrons. The van der Waals surface area contributed by atoms with Crippen LogP contribution in [0.1, 0.15) is 11.1 Å². The van der Waals surface area contributed by atoms with Crippen molar-refractivity contribution in [1.29, 1.82) is 0 Å². The number of hydrogen-bond acceptors (Lipinski definition) is 1. The van der Waals surface area contributed by atoms with Crippen LogP contribution in [0.2, 0.25) is 0 Å². The lowest BCUT2D eigenvalue weighted by Gasteiger charge is -2.05. The van der Waals surface area contributed by atoms with Crippen LogP contribution in [0.4, 0.5) is 0 Å². The van der Waals surface area contributed by atoms with Gasteiger partial charge < -0.3 is 4.74 Å². The van der Waals surface area contributed by atoms with E-state index in [0.29, 0.717) is 0 Å². The molecule has 0 N–H and O–H groups in total. The summed E-state index contributed by atoms with van der Waals surface area (Å²) in [5.41, 5.74) is 2.08. The van der Waals surface area contributed by atoms with E-state index in [0.717, 1.165) is 16.9 Å². The van der Waals surface area contributed by atoms with E-state index in [9.17, 15) is 0 Å². The maximum absolute atomic E-state index is 5.11. The Balaban J connectivity index is 3.17. The SMILES string of the molecule is [CH2]c1cccc(C)c1OC. The molecule has 0 aromatic heterocycles. The fourth-order valence-corrected chi connectivity index (χ4v) is 1.01. The monoisotopic (exact) mass is 135 g/mol. The van der Waals surface area contributed by atoms with Crippen LogP contribution in [0.5, 0.6) is 5.75 Å². The molecule has 0 fully saturated rings. The lowest BCUT2D eigenvalue weighted by molar-refractivity contribution is 0.410. The summed E-state index contributed by atoms with van der Waals surface area (Å²) in [5.74, 6) is 0.891. The van der Waals surface area contributed by atoms with Crippen LogP contribution in [-0.4, -0.2) is 7.11 Å². The van der Waals surface area contributed by atoms with Crippen molar-refractivity contribution < 1.29 is 4.74 Å². The number of ether oxygens (including phenoxy) is 1. The van der Waals surface area contributed by atoms with Gasteiger partial charge in [-0.15, -0.1) is 0 Å². The van der Waals surface area contributed by atoms with Gasteiger partial charge in [0.2, 0.25) is 0 Å². The Bertz CT molecular complexity index is 208. The Labute approximate surface area is 61.6 Å². The minimum atomic E-state index is 0.891. The molecule has 0 aliphatic carbocycles. The fraction of sp³-hybridized carbons (Fsp3) is 0.222. The van der Waals surface area contributed by atoms with E-state index in [2.05, 4.69) is 6.92 Å². The summed E-state index contributed by atoms with van der Waals surface area (Å²) in [4.78, 5) is 0. The third-order valence-corrected chi connectivity index (χ3v) is 1.50. The van der Waals surface area contributed by atoms with Gasteiger partial charge in [-0.2, -0.15) is 0 Å². The summed E-state index contributed by atoms with van der Waals surface area (Å²) < 4.78 is 5.11. The van der Waals surface area contributed by atoms with E-state index in [-0.39, 0.29) is 0 Å². The van der Waals surface area contributed by atoms with Crippen LogP contribution in [0.25, 0.3) is 0 Å². The molecule has 0 atom stereocenters. The summed E-state index contributed by atoms with van der Waals surface area (Å²) in [5, 5.41) is 0. The van der Waals surface area contributed by atoms with E-state index in [1.165, 1.54) is 0 Å². The average molecular weight is 135 g/mol. The number of aryl methyl sites for hydroxylation is 1. The highest BCUT2D eigenvalue weighted by Crippen LogP contribution is 2.20. The van der Waals surface area contributed by atoms with Gasteiger partial charge in [0, 0.05) is 0 Å². The molecular weight excluding hydrogens is 124 g/mol. The van der Waals surface area contributed by atoms with Crippen molar-refractivity contribution in [2.75, 3.05) is 7.11 Å². The summed E-state index contributed by atoms with van der Waals surface area (Å²) in [6.45, 7) is 5.83. The molecule has 10 heavy (non-hydrogen) atoms. The van der Waals surface area contributed by atoms with E-state index < -0.39 is 0 Å². The maximum atomic E-state index is 5.11. The maximum Gasteiger partial charge on any atom is 0.124 e. The predicted molar refractivity (Wildman–Crippen MR) is 42.2 cm³/mol. The lowest BCUT2D eigenvalue weighted by atomic mass is 10.1. The number of methoxy groups -OCH3 is 1. The minimum Gasteiger partial charge on any atom is -0.496 e. The lowest BCUT2D eigenvalue weighted by Crippen LogP contribution is -1.89. The highest BCUT2D eigenvalue weighted by Gasteiger charge is 1.98. The molecule has 1 aromatic rings. The van der Waals surface area contributed by atoms with Gasteiger partial charge in [-0.25, -0.2) is 0 Å². The third-order valence-electron chi connectivity index (χ3n) is 1.50. The van der Waals surface area contributed by atoms with E-state index >= 15 is 0 Å². The van der Waals surface area contributed by atoms with Crippen molar-refractivity contribution in [1.82, 2.24) is 0 Å². The molecule has 1 nitrogen and oxygen atoms in total. The fourth-order valence-electron chi connectivity index (χ4n) is 1.01. The van der Waals surface area contributed by atoms with Crippen molar-refractivity contribution in [2.24, 2.45) is 0 Å². The molecule has 0 amide bonds. The smallest absolute Gasteiger partial charge is 0.124 e. The normalized spacial score (nSPS) is 9.50. The zero-order valence-electron chi connectivity index (χ0n) is 6.35. The highest BCUT2D eigenvalue weighted by atomic mass is 16.5. The van der Waals surface area contributed by atoms with Gasteiger partial charge in [0.25, 0.3) is 0 Å². The summed E-state index contributed by atoms with van der Waals surface area (Å²) in [6.07, 6.45) is 0. The Hall–Kier alpha value is -0.980. The van der Waals surface area contributed by atoms with Gasteiger partial charge in [0.15, 0.2) is 0 Å². The Morgan fingerprint density at radius 2 is 2.10 bits per heavy atom. The number of hydrogen-bond donors (Lipinski definition) is 0. The van der Waals surface area contributed by atoms with Gasteiger partial charge in [-0.1, -0.05) is 18.2 Å². The molecule has 1 rings (SSSR count). The first-order valence-corrected chi connectivity index (χ1v) is 3.21. The minimum absolute atomic E-state index is 0.891. The first-order chi connectivity index (χ1) is 4.75. The molecule has 0 spiro atoms. The second kappa shape index (κ2) is 2.74. The van der Waals surface area contributed by atoms with Crippen LogP contribution in [0, 0.1) is 13.8 Å². The van der Waals surface area contributed by atoms with Crippen molar-refractivity contribution in [3.8, 4) is 5.75 Å². The van der Waals surface area contributed by atoms with Gasteiger partial charge >= 0.3 is 0 Å². The van der Waals surface area contributed by atoms with E-state index in [1.54, 1.807) is 7.11 Å². The molecular formula is C9H11O. The van der Waals surface area contributed by atoms with E-state index in [1.807, 2.05) is 25.1 Å². The van der Waals surface area contributed by atoms with Crippen molar-refractivity contribution >= 4 is 0 Å². The second-order valence-electron chi connectivity index (χ2n) is 2.27. The Morgan fingerprint density at radius 1 is 1.40 bits per heavy atom. The van der Waals surface area contributed by atoms with Gasteiger partial charge in [0.1, 0.15) is 5.75 Å². The van der Waals surface area contributed by atoms with Crippen LogP contribution >= 0.6 is 0 Å². The van der Waals surface area contributed by atoms with Crippen molar-refractivity contribution in [2.45, 2.75) is 6.92 Å². The first kappa shape index (κ1) is 7.13. The summed E-state index contributed by atoms with van der Waals surface area (Å²) in [7, 11) is 1.66. The number of para-hydroxylation sites is 1. The highest BCUT2D eigenvalue weighted by molar-refractivity contribution is 5.42. The molecule has 0 unspecified atom stereocenters. The zero-order chi connectivity index (χ0) is 7.56. The zero-order valence-corrected chi connectivity index (χ0v) is 6.35. The molecule has 1 heteroatoms. The van der Waals surface area contributed by atoms with Crippen LogP contribution in [0.3, 0.4) is 0 Å². The van der Waals surface area contributed by atoms with Crippen LogP contribution in [-0.2, 0) is 0 Å². The molecule has 0 bridgehead atoms. The predicted octanol–water partition coefficient (Wildman–Crippen LogP) is 2.19. The summed E-state index contributed by atoms with van der Waals surface area (Å²) in [6, 6.07) is 5.92. The molecule has 0 saturated carbocycles. The molecule has 1 aromatic carbocycles. The second-order valence-corrected chi connectivity index (χ2v) is 2.27. The largest absolute Gasteiger partial charge is 0.496 e. The van der Waals surface area contributed by atoms with Gasteiger partial charge in [-0.3, -0.25) is 0 Å². The quantitative estimate of drug-likeness (QED) is 0.573. The van der Waals surface area contributed by atoms with Gasteiger partial charge in [-0.05, 0) is 25.0 Å². The average Bonchev–Trinajstić information content (AvgIpc) is 1.88. The Morgan fingerprint density at radius 3 is 2.50 bits per heavy atom. The number of rotatable bonds is 1. The summed E-state index contributed by atoms with van der Waals surface area (Å²) >= 11 is 0. The topological polar surface area (TPSA) is 9.23 Å². The van der Waals surface area contributed by atoms with Crippen molar-refractivity contribution in [3.63, 3.8) is 0 Å². The Kier molecular flexibility index (Phi) is 1.95. The molecule has 0 heterocycles. The molecule has 0 aliphatic rings. The third kappa shape index (κ3) is 1.13. The molecule has 53 valence electrons.